The monoisotopic (exact) mass is 443 g/mol. The maximum Gasteiger partial charge on any atom is 0.139 e. The van der Waals surface area contributed by atoms with Gasteiger partial charge in [-0.2, -0.15) is 0 Å². The van der Waals surface area contributed by atoms with Crippen LogP contribution < -0.4 is 4.90 Å². The van der Waals surface area contributed by atoms with Gasteiger partial charge in [0.05, 0.1) is 10.0 Å². The second-order valence-corrected chi connectivity index (χ2v) is 9.25. The SMILES string of the molecule is CN1CCN(C2CCN(c3ccc(-c4cc5c(Cl)c(Cl)cnc5[nH]4)cc3)CC2)CC1. The zero-order valence-corrected chi connectivity index (χ0v) is 18.8. The number of fused-ring (bicyclic) bond motifs is 1. The quantitative estimate of drug-likeness (QED) is 0.633. The Morgan fingerprint density at radius 1 is 0.967 bits per heavy atom. The molecule has 0 aliphatic carbocycles. The highest BCUT2D eigenvalue weighted by molar-refractivity contribution is 6.45. The summed E-state index contributed by atoms with van der Waals surface area (Å²) in [6, 6.07) is 11.5. The molecular weight excluding hydrogens is 417 g/mol. The molecule has 2 saturated heterocycles. The van der Waals surface area contributed by atoms with Gasteiger partial charge in [0.1, 0.15) is 5.65 Å². The lowest BCUT2D eigenvalue weighted by Gasteiger charge is -2.42. The third kappa shape index (κ3) is 3.92. The van der Waals surface area contributed by atoms with E-state index in [1.807, 2.05) is 6.07 Å². The number of hydrogen-bond donors (Lipinski definition) is 1. The van der Waals surface area contributed by atoms with Crippen LogP contribution in [-0.2, 0) is 0 Å². The zero-order chi connectivity index (χ0) is 20.7. The van der Waals surface area contributed by atoms with Crippen LogP contribution in [0, 0.1) is 0 Å². The summed E-state index contributed by atoms with van der Waals surface area (Å²) in [5.74, 6) is 0. The minimum absolute atomic E-state index is 0.477. The van der Waals surface area contributed by atoms with Crippen LogP contribution in [0.25, 0.3) is 22.3 Å². The van der Waals surface area contributed by atoms with Gasteiger partial charge in [-0.3, -0.25) is 4.90 Å². The van der Waals surface area contributed by atoms with Gasteiger partial charge in [0.2, 0.25) is 0 Å². The van der Waals surface area contributed by atoms with E-state index in [4.69, 9.17) is 23.2 Å². The van der Waals surface area contributed by atoms with Crippen molar-refractivity contribution in [3.05, 3.63) is 46.6 Å². The average Bonchev–Trinajstić information content (AvgIpc) is 3.22. The maximum atomic E-state index is 6.32. The maximum absolute atomic E-state index is 6.32. The highest BCUT2D eigenvalue weighted by Crippen LogP contribution is 2.33. The molecule has 0 atom stereocenters. The fourth-order valence-electron chi connectivity index (χ4n) is 4.70. The van der Waals surface area contributed by atoms with E-state index in [-0.39, 0.29) is 0 Å². The number of rotatable bonds is 3. The third-order valence-corrected chi connectivity index (χ3v) is 7.40. The third-order valence-electron chi connectivity index (χ3n) is 6.61. The minimum atomic E-state index is 0.477. The Bertz CT molecular complexity index is 1020. The van der Waals surface area contributed by atoms with E-state index in [0.717, 1.165) is 41.4 Å². The molecule has 5 nitrogen and oxygen atoms in total. The summed E-state index contributed by atoms with van der Waals surface area (Å²) < 4.78 is 0. The van der Waals surface area contributed by atoms with Gasteiger partial charge in [0, 0.05) is 68.3 Å². The van der Waals surface area contributed by atoms with Crippen molar-refractivity contribution >= 4 is 39.9 Å². The lowest BCUT2D eigenvalue weighted by atomic mass is 10.0. The summed E-state index contributed by atoms with van der Waals surface area (Å²) in [6.07, 6.45) is 4.08. The van der Waals surface area contributed by atoms with Gasteiger partial charge in [-0.15, -0.1) is 0 Å². The van der Waals surface area contributed by atoms with Crippen molar-refractivity contribution in [2.45, 2.75) is 18.9 Å². The lowest BCUT2D eigenvalue weighted by molar-refractivity contribution is 0.0982. The first kappa shape index (κ1) is 20.1. The Balaban J connectivity index is 1.25. The largest absolute Gasteiger partial charge is 0.371 e. The summed E-state index contributed by atoms with van der Waals surface area (Å²) >= 11 is 12.4. The molecule has 0 saturated carbocycles. The fraction of sp³-hybridized carbons (Fsp3) is 0.435. The van der Waals surface area contributed by atoms with Crippen LogP contribution in [0.5, 0.6) is 0 Å². The van der Waals surface area contributed by atoms with Crippen LogP contribution >= 0.6 is 23.2 Å². The Hall–Kier alpha value is -1.79. The summed E-state index contributed by atoms with van der Waals surface area (Å²) in [5.41, 5.74) is 4.18. The van der Waals surface area contributed by atoms with Crippen molar-refractivity contribution in [2.24, 2.45) is 0 Å². The lowest BCUT2D eigenvalue weighted by Crippen LogP contribution is -2.52. The molecule has 0 bridgehead atoms. The van der Waals surface area contributed by atoms with E-state index in [2.05, 4.69) is 56.0 Å². The van der Waals surface area contributed by atoms with Crippen molar-refractivity contribution in [2.75, 3.05) is 51.2 Å². The molecule has 2 aliphatic heterocycles. The van der Waals surface area contributed by atoms with Crippen LogP contribution in [0.4, 0.5) is 5.69 Å². The van der Waals surface area contributed by atoms with Crippen molar-refractivity contribution in [3.63, 3.8) is 0 Å². The molecule has 0 spiro atoms. The predicted molar refractivity (Wildman–Crippen MR) is 126 cm³/mol. The number of benzene rings is 1. The van der Waals surface area contributed by atoms with Crippen molar-refractivity contribution < 1.29 is 0 Å². The molecular formula is C23H27Cl2N5. The Labute approximate surface area is 187 Å². The molecule has 2 aromatic heterocycles. The van der Waals surface area contributed by atoms with Gasteiger partial charge in [-0.25, -0.2) is 4.98 Å². The molecule has 2 fully saturated rings. The molecule has 30 heavy (non-hydrogen) atoms. The number of hydrogen-bond acceptors (Lipinski definition) is 4. The molecule has 1 aromatic carbocycles. The standard InChI is InChI=1S/C23H27Cl2N5/c1-28-10-12-30(13-11-28)18-6-8-29(9-7-18)17-4-2-16(3-5-17)21-14-19-22(25)20(24)15-26-23(19)27-21/h2-5,14-15,18H,6-13H2,1H3,(H,26,27). The second kappa shape index (κ2) is 8.39. The highest BCUT2D eigenvalue weighted by atomic mass is 35.5. The fourth-order valence-corrected chi connectivity index (χ4v) is 5.05. The average molecular weight is 444 g/mol. The van der Waals surface area contributed by atoms with Crippen molar-refractivity contribution in [1.82, 2.24) is 19.8 Å². The number of halogens is 2. The first-order valence-corrected chi connectivity index (χ1v) is 11.4. The summed E-state index contributed by atoms with van der Waals surface area (Å²) in [6.45, 7) is 7.07. The van der Waals surface area contributed by atoms with Crippen molar-refractivity contribution in [3.8, 4) is 11.3 Å². The van der Waals surface area contributed by atoms with Gasteiger partial charge in [-0.1, -0.05) is 35.3 Å². The molecule has 158 valence electrons. The van der Waals surface area contributed by atoms with E-state index >= 15 is 0 Å². The number of pyridine rings is 1. The Morgan fingerprint density at radius 3 is 2.37 bits per heavy atom. The molecule has 3 aromatic rings. The molecule has 2 aliphatic rings. The number of likely N-dealkylation sites (N-methyl/N-ethyl adjacent to an activating group) is 1. The summed E-state index contributed by atoms with van der Waals surface area (Å²) in [7, 11) is 2.22. The van der Waals surface area contributed by atoms with Crippen LogP contribution in [0.3, 0.4) is 0 Å². The number of piperidine rings is 1. The number of aromatic amines is 1. The number of aromatic nitrogens is 2. The van der Waals surface area contributed by atoms with Gasteiger partial charge < -0.3 is 14.8 Å². The minimum Gasteiger partial charge on any atom is -0.371 e. The molecule has 5 rings (SSSR count). The first-order chi connectivity index (χ1) is 14.6. The molecule has 4 heterocycles. The van der Waals surface area contributed by atoms with Crippen molar-refractivity contribution in [1.29, 1.82) is 0 Å². The smallest absolute Gasteiger partial charge is 0.139 e. The number of nitrogens with one attached hydrogen (secondary N) is 1. The van der Waals surface area contributed by atoms with E-state index in [1.165, 1.54) is 44.7 Å². The summed E-state index contributed by atoms with van der Waals surface area (Å²) in [4.78, 5) is 15.3. The first-order valence-electron chi connectivity index (χ1n) is 10.7. The van der Waals surface area contributed by atoms with Gasteiger partial charge in [0.15, 0.2) is 0 Å². The van der Waals surface area contributed by atoms with Gasteiger partial charge >= 0.3 is 0 Å². The van der Waals surface area contributed by atoms with Crippen LogP contribution in [0.2, 0.25) is 10.0 Å². The molecule has 1 N–H and O–H groups in total. The highest BCUT2D eigenvalue weighted by Gasteiger charge is 2.26. The number of piperazine rings is 1. The van der Waals surface area contributed by atoms with E-state index in [0.29, 0.717) is 10.0 Å². The molecule has 0 amide bonds. The molecule has 0 radical (unpaired) electrons. The van der Waals surface area contributed by atoms with E-state index < -0.39 is 0 Å². The predicted octanol–water partition coefficient (Wildman–Crippen LogP) is 4.75. The van der Waals surface area contributed by atoms with Crippen LogP contribution in [-0.4, -0.2) is 72.1 Å². The number of H-pyrrole nitrogens is 1. The van der Waals surface area contributed by atoms with Gasteiger partial charge in [0.25, 0.3) is 0 Å². The normalized spacial score (nSPS) is 19.6. The van der Waals surface area contributed by atoms with Crippen LogP contribution in [0.1, 0.15) is 12.8 Å². The Kier molecular flexibility index (Phi) is 5.63. The number of nitrogens with zero attached hydrogens (tertiary/aromatic N) is 4. The molecule has 0 unspecified atom stereocenters. The van der Waals surface area contributed by atoms with Crippen LogP contribution in [0.15, 0.2) is 36.5 Å². The van der Waals surface area contributed by atoms with E-state index in [1.54, 1.807) is 6.20 Å². The summed E-state index contributed by atoms with van der Waals surface area (Å²) in [5, 5.41) is 1.88. The topological polar surface area (TPSA) is 38.4 Å². The molecule has 7 heteroatoms. The van der Waals surface area contributed by atoms with Gasteiger partial charge in [-0.05, 0) is 43.7 Å². The Morgan fingerprint density at radius 2 is 1.67 bits per heavy atom. The zero-order valence-electron chi connectivity index (χ0n) is 17.2. The number of anilines is 1. The van der Waals surface area contributed by atoms with E-state index in [9.17, 15) is 0 Å². The second-order valence-electron chi connectivity index (χ2n) is 8.47.